The number of nitrogens with one attached hydrogen (secondary N) is 1. The van der Waals surface area contributed by atoms with Gasteiger partial charge in [0, 0.05) is 13.1 Å². The molecule has 0 spiro atoms. The summed E-state index contributed by atoms with van der Waals surface area (Å²) in [5, 5.41) is 12.4. The Balaban J connectivity index is 2.56. The van der Waals surface area contributed by atoms with Gasteiger partial charge in [0.25, 0.3) is 0 Å². The number of nitriles is 1. The van der Waals surface area contributed by atoms with Crippen molar-refractivity contribution in [1.82, 2.24) is 10.2 Å². The van der Waals surface area contributed by atoms with E-state index in [4.69, 9.17) is 5.73 Å². The van der Waals surface area contributed by atoms with Crippen LogP contribution < -0.4 is 11.1 Å². The molecule has 5 nitrogen and oxygen atoms in total. The largest absolute Gasteiger partial charge is 0.369 e. The van der Waals surface area contributed by atoms with Crippen molar-refractivity contribution in [2.24, 2.45) is 11.7 Å². The van der Waals surface area contributed by atoms with Crippen LogP contribution in [-0.2, 0) is 4.79 Å². The van der Waals surface area contributed by atoms with Crippen LogP contribution in [0.1, 0.15) is 26.7 Å². The molecule has 0 saturated carbocycles. The molecule has 1 heterocycles. The first-order valence-electron chi connectivity index (χ1n) is 6.18. The quantitative estimate of drug-likeness (QED) is 0.710. The van der Waals surface area contributed by atoms with Crippen LogP contribution in [0.5, 0.6) is 0 Å². The summed E-state index contributed by atoms with van der Waals surface area (Å²) in [4.78, 5) is 13.3. The van der Waals surface area contributed by atoms with Gasteiger partial charge in [-0.15, -0.1) is 0 Å². The number of hydrogen-bond acceptors (Lipinski definition) is 4. The second-order valence-corrected chi connectivity index (χ2v) is 4.95. The number of amides is 1. The van der Waals surface area contributed by atoms with Crippen molar-refractivity contribution >= 4 is 5.91 Å². The Bertz CT molecular complexity index is 312. The first-order chi connectivity index (χ1) is 8.00. The van der Waals surface area contributed by atoms with Gasteiger partial charge in [-0.3, -0.25) is 15.0 Å². The lowest BCUT2D eigenvalue weighted by Gasteiger charge is -2.36. The Morgan fingerprint density at radius 3 is 2.94 bits per heavy atom. The van der Waals surface area contributed by atoms with Crippen LogP contribution in [0.25, 0.3) is 0 Å². The average molecular weight is 238 g/mol. The Morgan fingerprint density at radius 1 is 1.71 bits per heavy atom. The monoisotopic (exact) mass is 238 g/mol. The van der Waals surface area contributed by atoms with Crippen LogP contribution in [0.2, 0.25) is 0 Å². The molecule has 1 fully saturated rings. The smallest absolute Gasteiger partial charge is 0.221 e. The zero-order chi connectivity index (χ0) is 12.9. The molecule has 0 aliphatic carbocycles. The number of nitrogens with two attached hydrogens (primary N) is 1. The maximum absolute atomic E-state index is 11.2. The van der Waals surface area contributed by atoms with Crippen molar-refractivity contribution in [2.75, 3.05) is 26.2 Å². The molecule has 17 heavy (non-hydrogen) atoms. The molecule has 1 aliphatic heterocycles. The second-order valence-electron chi connectivity index (χ2n) is 4.95. The van der Waals surface area contributed by atoms with Gasteiger partial charge in [0.05, 0.1) is 12.0 Å². The van der Waals surface area contributed by atoms with Gasteiger partial charge in [0.15, 0.2) is 0 Å². The van der Waals surface area contributed by atoms with Gasteiger partial charge in [0.1, 0.15) is 5.54 Å². The summed E-state index contributed by atoms with van der Waals surface area (Å²) in [5.41, 5.74) is 4.79. The fraction of sp³-hybridized carbons (Fsp3) is 0.833. The van der Waals surface area contributed by atoms with Crippen molar-refractivity contribution in [3.8, 4) is 6.07 Å². The summed E-state index contributed by atoms with van der Waals surface area (Å²) in [6.45, 7) is 6.89. The molecule has 0 radical (unpaired) electrons. The standard InChI is InChI=1S/C12H22N4O/c1-3-15-12(2,8-13)9-16-6-4-5-10(7-16)11(14)17/h10,15H,3-7,9H2,1-2H3,(H2,14,17). The van der Waals surface area contributed by atoms with Crippen LogP contribution in [0.4, 0.5) is 0 Å². The molecule has 1 aliphatic rings. The van der Waals surface area contributed by atoms with Crippen molar-refractivity contribution in [3.63, 3.8) is 0 Å². The van der Waals surface area contributed by atoms with E-state index in [1.807, 2.05) is 13.8 Å². The zero-order valence-corrected chi connectivity index (χ0v) is 10.7. The van der Waals surface area contributed by atoms with Crippen LogP contribution in [-0.4, -0.2) is 42.5 Å². The molecule has 3 N–H and O–H groups in total. The molecule has 5 heteroatoms. The van der Waals surface area contributed by atoms with Gasteiger partial charge >= 0.3 is 0 Å². The first-order valence-corrected chi connectivity index (χ1v) is 6.18. The number of likely N-dealkylation sites (tertiary alicyclic amines) is 1. The number of rotatable bonds is 5. The molecule has 2 unspecified atom stereocenters. The van der Waals surface area contributed by atoms with E-state index in [1.165, 1.54) is 0 Å². The van der Waals surface area contributed by atoms with E-state index in [0.29, 0.717) is 13.1 Å². The van der Waals surface area contributed by atoms with Crippen molar-refractivity contribution in [2.45, 2.75) is 32.2 Å². The minimum Gasteiger partial charge on any atom is -0.369 e. The molecule has 0 aromatic rings. The van der Waals surface area contributed by atoms with Crippen LogP contribution >= 0.6 is 0 Å². The summed E-state index contributed by atoms with van der Waals surface area (Å²) in [7, 11) is 0. The molecule has 0 aromatic carbocycles. The lowest BCUT2D eigenvalue weighted by molar-refractivity contribution is -0.123. The van der Waals surface area contributed by atoms with E-state index in [1.54, 1.807) is 0 Å². The third kappa shape index (κ3) is 3.99. The van der Waals surface area contributed by atoms with Gasteiger partial charge in [-0.2, -0.15) is 5.26 Å². The van der Waals surface area contributed by atoms with E-state index >= 15 is 0 Å². The number of likely N-dealkylation sites (N-methyl/N-ethyl adjacent to an activating group) is 1. The lowest BCUT2D eigenvalue weighted by Crippen LogP contribution is -2.53. The highest BCUT2D eigenvalue weighted by Gasteiger charge is 2.30. The van der Waals surface area contributed by atoms with Crippen LogP contribution in [0.3, 0.4) is 0 Å². The summed E-state index contributed by atoms with van der Waals surface area (Å²) < 4.78 is 0. The van der Waals surface area contributed by atoms with Crippen LogP contribution in [0, 0.1) is 17.2 Å². The third-order valence-electron chi connectivity index (χ3n) is 3.26. The number of nitrogens with zero attached hydrogens (tertiary/aromatic N) is 2. The normalized spacial score (nSPS) is 24.9. The van der Waals surface area contributed by atoms with E-state index in [0.717, 1.165) is 25.9 Å². The molecule has 0 aromatic heterocycles. The second kappa shape index (κ2) is 5.99. The third-order valence-corrected chi connectivity index (χ3v) is 3.26. The minimum absolute atomic E-state index is 0.0617. The molecule has 0 bridgehead atoms. The number of hydrogen-bond donors (Lipinski definition) is 2. The molecule has 2 atom stereocenters. The molecule has 1 rings (SSSR count). The fourth-order valence-electron chi connectivity index (χ4n) is 2.40. The summed E-state index contributed by atoms with van der Waals surface area (Å²) >= 11 is 0. The van der Waals surface area contributed by atoms with E-state index in [9.17, 15) is 10.1 Å². The Labute approximate surface area is 103 Å². The molecule has 1 saturated heterocycles. The first kappa shape index (κ1) is 13.9. The molecule has 1 amide bonds. The number of carbonyl (C=O) groups excluding carboxylic acids is 1. The highest BCUT2D eigenvalue weighted by molar-refractivity contribution is 5.76. The maximum atomic E-state index is 11.2. The average Bonchev–Trinajstić information content (AvgIpc) is 2.29. The predicted molar refractivity (Wildman–Crippen MR) is 66.1 cm³/mol. The van der Waals surface area contributed by atoms with Crippen LogP contribution in [0.15, 0.2) is 0 Å². The zero-order valence-electron chi connectivity index (χ0n) is 10.7. The van der Waals surface area contributed by atoms with Gasteiger partial charge < -0.3 is 5.73 Å². The lowest BCUT2D eigenvalue weighted by atomic mass is 9.95. The summed E-state index contributed by atoms with van der Waals surface area (Å²) in [5.74, 6) is -0.287. The molecular formula is C12H22N4O. The number of carbonyl (C=O) groups is 1. The van der Waals surface area contributed by atoms with Gasteiger partial charge in [-0.25, -0.2) is 0 Å². The van der Waals surface area contributed by atoms with Gasteiger partial charge in [0.2, 0.25) is 5.91 Å². The van der Waals surface area contributed by atoms with E-state index in [-0.39, 0.29) is 11.8 Å². The van der Waals surface area contributed by atoms with Crippen molar-refractivity contribution < 1.29 is 4.79 Å². The maximum Gasteiger partial charge on any atom is 0.221 e. The number of piperidine rings is 1. The SMILES string of the molecule is CCNC(C)(C#N)CN1CCCC(C(N)=O)C1. The van der Waals surface area contributed by atoms with Gasteiger partial charge in [-0.1, -0.05) is 6.92 Å². The highest BCUT2D eigenvalue weighted by Crippen LogP contribution is 2.18. The summed E-state index contributed by atoms with van der Waals surface area (Å²) in [6, 6.07) is 2.30. The predicted octanol–water partition coefficient (Wildman–Crippen LogP) is 0.0755. The number of primary amides is 1. The van der Waals surface area contributed by atoms with E-state index in [2.05, 4.69) is 16.3 Å². The van der Waals surface area contributed by atoms with Gasteiger partial charge in [-0.05, 0) is 32.9 Å². The summed E-state index contributed by atoms with van der Waals surface area (Å²) in [6.07, 6.45) is 1.84. The highest BCUT2D eigenvalue weighted by atomic mass is 16.1. The van der Waals surface area contributed by atoms with Crippen molar-refractivity contribution in [3.05, 3.63) is 0 Å². The van der Waals surface area contributed by atoms with Crippen molar-refractivity contribution in [1.29, 1.82) is 5.26 Å². The Hall–Kier alpha value is -1.12. The van der Waals surface area contributed by atoms with E-state index < -0.39 is 5.54 Å². The Morgan fingerprint density at radius 2 is 2.41 bits per heavy atom. The fourth-order valence-corrected chi connectivity index (χ4v) is 2.40. The molecular weight excluding hydrogens is 216 g/mol. The Kier molecular flexibility index (Phi) is 4.91. The topological polar surface area (TPSA) is 82.2 Å². The minimum atomic E-state index is -0.547. The molecule has 96 valence electrons.